The van der Waals surface area contributed by atoms with Gasteiger partial charge >= 0.3 is 0 Å². The van der Waals surface area contributed by atoms with Crippen LogP contribution in [-0.4, -0.2) is 10.1 Å². The molecule has 1 atom stereocenters. The summed E-state index contributed by atoms with van der Waals surface area (Å²) in [5.41, 5.74) is 6.12. The van der Waals surface area contributed by atoms with E-state index in [1.807, 2.05) is 0 Å². The smallest absolute Gasteiger partial charge is 0.0452 e. The molecule has 31 heavy (non-hydrogen) atoms. The average molecular weight is 423 g/mol. The zero-order valence-corrected chi connectivity index (χ0v) is 22.2. The lowest BCUT2D eigenvalue weighted by atomic mass is 9.76. The van der Waals surface area contributed by atoms with Gasteiger partial charge in [0.1, 0.15) is 0 Å². The number of aromatic nitrogens is 1. The molecule has 0 saturated heterocycles. The Balaban J connectivity index is 0.000000233. The normalized spacial score (nSPS) is 17.4. The quantitative estimate of drug-likeness (QED) is 0.413. The van der Waals surface area contributed by atoms with Gasteiger partial charge in [0.2, 0.25) is 0 Å². The molecule has 0 N–H and O–H groups in total. The van der Waals surface area contributed by atoms with Gasteiger partial charge in [-0.3, -0.25) is 0 Å². The molecule has 0 radical (unpaired) electrons. The first-order chi connectivity index (χ1) is 13.8. The molecule has 0 aliphatic carbocycles. The molecule has 1 aliphatic heterocycles. The standard InChI is InChI=1S/C17H25N.C12H21N/c1-12-15(16(2,3)4)13-10-8-9-11-14(13)18(12)17(5,6)7;1-11(2,3)10-7-8-13(9-10)12(4,5)6/h8-11,15H,1H2,2-7H3;7-9H,1-6H3. The summed E-state index contributed by atoms with van der Waals surface area (Å²) in [4.78, 5) is 2.40. The zero-order valence-electron chi connectivity index (χ0n) is 22.2. The minimum atomic E-state index is 0.0766. The average Bonchev–Trinajstić information content (AvgIpc) is 3.15. The Morgan fingerprint density at radius 3 is 1.68 bits per heavy atom. The number of benzene rings is 1. The van der Waals surface area contributed by atoms with Crippen LogP contribution in [0.1, 0.15) is 100 Å². The maximum atomic E-state index is 4.39. The maximum absolute atomic E-state index is 4.39. The summed E-state index contributed by atoms with van der Waals surface area (Å²) >= 11 is 0. The number of allylic oxidation sites excluding steroid dienone is 1. The predicted molar refractivity (Wildman–Crippen MR) is 138 cm³/mol. The fourth-order valence-electron chi connectivity index (χ4n) is 4.41. The molecule has 1 unspecified atom stereocenters. The number of fused-ring (bicyclic) bond motifs is 1. The van der Waals surface area contributed by atoms with Crippen LogP contribution in [0, 0.1) is 5.41 Å². The minimum absolute atomic E-state index is 0.0766. The molecule has 3 rings (SSSR count). The second-order valence-corrected chi connectivity index (χ2v) is 13.1. The molecular formula is C29H46N2. The molecule has 0 spiro atoms. The van der Waals surface area contributed by atoms with Crippen LogP contribution in [0.4, 0.5) is 5.69 Å². The van der Waals surface area contributed by atoms with Crippen LogP contribution in [0.5, 0.6) is 0 Å². The van der Waals surface area contributed by atoms with Gasteiger partial charge in [0, 0.05) is 40.8 Å². The van der Waals surface area contributed by atoms with Crippen molar-refractivity contribution in [3.63, 3.8) is 0 Å². The van der Waals surface area contributed by atoms with Crippen molar-refractivity contribution < 1.29 is 0 Å². The molecule has 2 heteroatoms. The highest BCUT2D eigenvalue weighted by Gasteiger charge is 2.42. The van der Waals surface area contributed by atoms with E-state index in [0.717, 1.165) is 0 Å². The van der Waals surface area contributed by atoms with Crippen LogP contribution in [-0.2, 0) is 11.0 Å². The van der Waals surface area contributed by atoms with E-state index in [4.69, 9.17) is 0 Å². The first-order valence-corrected chi connectivity index (χ1v) is 11.6. The van der Waals surface area contributed by atoms with E-state index < -0.39 is 0 Å². The summed E-state index contributed by atoms with van der Waals surface area (Å²) in [6.07, 6.45) is 4.42. The summed E-state index contributed by atoms with van der Waals surface area (Å²) in [7, 11) is 0. The fraction of sp³-hybridized carbons (Fsp3) is 0.586. The van der Waals surface area contributed by atoms with Crippen LogP contribution in [0.2, 0.25) is 0 Å². The van der Waals surface area contributed by atoms with Gasteiger partial charge in [0.25, 0.3) is 0 Å². The minimum Gasteiger partial charge on any atom is -0.349 e. The summed E-state index contributed by atoms with van der Waals surface area (Å²) in [5, 5.41) is 0. The number of hydrogen-bond acceptors (Lipinski definition) is 1. The van der Waals surface area contributed by atoms with Gasteiger partial charge < -0.3 is 9.47 Å². The highest BCUT2D eigenvalue weighted by molar-refractivity contribution is 5.69. The number of hydrogen-bond donors (Lipinski definition) is 0. The van der Waals surface area contributed by atoms with Crippen LogP contribution >= 0.6 is 0 Å². The highest BCUT2D eigenvalue weighted by Crippen LogP contribution is 2.53. The van der Waals surface area contributed by atoms with Crippen molar-refractivity contribution in [2.75, 3.05) is 4.90 Å². The molecule has 0 bridgehead atoms. The lowest BCUT2D eigenvalue weighted by Gasteiger charge is -2.38. The Morgan fingerprint density at radius 1 is 0.742 bits per heavy atom. The zero-order chi connectivity index (χ0) is 24.0. The highest BCUT2D eigenvalue weighted by atomic mass is 15.2. The lowest BCUT2D eigenvalue weighted by molar-refractivity contribution is 0.353. The fourth-order valence-corrected chi connectivity index (χ4v) is 4.41. The Kier molecular flexibility index (Phi) is 6.68. The molecule has 2 heterocycles. The predicted octanol–water partition coefficient (Wildman–Crippen LogP) is 8.49. The van der Waals surface area contributed by atoms with E-state index in [-0.39, 0.29) is 21.9 Å². The molecule has 1 aliphatic rings. The van der Waals surface area contributed by atoms with E-state index in [1.54, 1.807) is 0 Å². The SMILES string of the molecule is C=C1C(C(C)(C)C)c2ccccc2N1C(C)(C)C.CC(C)(C)c1ccn(C(C)(C)C)c1. The summed E-state index contributed by atoms with van der Waals surface area (Å²) < 4.78 is 2.27. The van der Waals surface area contributed by atoms with Gasteiger partial charge in [0.05, 0.1) is 0 Å². The van der Waals surface area contributed by atoms with Crippen molar-refractivity contribution in [2.24, 2.45) is 5.41 Å². The van der Waals surface area contributed by atoms with E-state index in [2.05, 4.69) is 142 Å². The number of para-hydroxylation sites is 1. The second-order valence-electron chi connectivity index (χ2n) is 13.1. The van der Waals surface area contributed by atoms with Crippen LogP contribution in [0.25, 0.3) is 0 Å². The third kappa shape index (κ3) is 5.64. The number of anilines is 1. The van der Waals surface area contributed by atoms with E-state index in [0.29, 0.717) is 5.92 Å². The van der Waals surface area contributed by atoms with Gasteiger partial charge in [-0.05, 0) is 75.6 Å². The van der Waals surface area contributed by atoms with Gasteiger partial charge in [-0.2, -0.15) is 0 Å². The molecule has 0 amide bonds. The largest absolute Gasteiger partial charge is 0.349 e. The van der Waals surface area contributed by atoms with Gasteiger partial charge in [0.15, 0.2) is 0 Å². The van der Waals surface area contributed by atoms with E-state index >= 15 is 0 Å². The van der Waals surface area contributed by atoms with Crippen LogP contribution in [0.15, 0.2) is 55.0 Å². The molecule has 2 aromatic rings. The first-order valence-electron chi connectivity index (χ1n) is 11.6. The number of nitrogens with zero attached hydrogens (tertiary/aromatic N) is 2. The van der Waals surface area contributed by atoms with Crippen molar-refractivity contribution in [2.45, 2.75) is 105 Å². The van der Waals surface area contributed by atoms with Gasteiger partial charge in [-0.15, -0.1) is 0 Å². The molecular weight excluding hydrogens is 376 g/mol. The Hall–Kier alpha value is -1.96. The number of rotatable bonds is 0. The van der Waals surface area contributed by atoms with E-state index in [1.165, 1.54) is 22.5 Å². The molecule has 1 aromatic heterocycles. The Labute approximate surface area is 192 Å². The Bertz CT molecular complexity index is 830. The second kappa shape index (κ2) is 8.19. The monoisotopic (exact) mass is 422 g/mol. The molecule has 2 nitrogen and oxygen atoms in total. The maximum Gasteiger partial charge on any atom is 0.0452 e. The first kappa shape index (κ1) is 25.3. The Morgan fingerprint density at radius 2 is 1.29 bits per heavy atom. The van der Waals surface area contributed by atoms with Crippen molar-refractivity contribution in [3.8, 4) is 0 Å². The van der Waals surface area contributed by atoms with Crippen molar-refractivity contribution in [3.05, 3.63) is 66.1 Å². The molecule has 172 valence electrons. The van der Waals surface area contributed by atoms with Crippen molar-refractivity contribution in [1.29, 1.82) is 0 Å². The summed E-state index contributed by atoms with van der Waals surface area (Å²) in [6.45, 7) is 31.4. The van der Waals surface area contributed by atoms with Crippen molar-refractivity contribution in [1.82, 2.24) is 4.57 Å². The molecule has 1 aromatic carbocycles. The summed E-state index contributed by atoms with van der Waals surface area (Å²) in [6, 6.07) is 10.9. The van der Waals surface area contributed by atoms with E-state index in [9.17, 15) is 0 Å². The summed E-state index contributed by atoms with van der Waals surface area (Å²) in [5.74, 6) is 0.410. The van der Waals surface area contributed by atoms with Gasteiger partial charge in [-0.1, -0.05) is 66.3 Å². The lowest BCUT2D eigenvalue weighted by Crippen LogP contribution is -2.39. The third-order valence-electron chi connectivity index (χ3n) is 5.98. The molecule has 0 fully saturated rings. The third-order valence-corrected chi connectivity index (χ3v) is 5.98. The van der Waals surface area contributed by atoms with Crippen LogP contribution < -0.4 is 4.90 Å². The molecule has 0 saturated carbocycles. The van der Waals surface area contributed by atoms with Crippen LogP contribution in [0.3, 0.4) is 0 Å². The topological polar surface area (TPSA) is 8.17 Å². The van der Waals surface area contributed by atoms with Crippen molar-refractivity contribution >= 4 is 5.69 Å². The van der Waals surface area contributed by atoms with Gasteiger partial charge in [-0.25, -0.2) is 0 Å².